The number of rotatable bonds is 5. The highest BCUT2D eigenvalue weighted by molar-refractivity contribution is 7.14. The molecule has 0 saturated carbocycles. The predicted octanol–water partition coefficient (Wildman–Crippen LogP) is 5.52. The third-order valence-corrected chi connectivity index (χ3v) is 5.41. The van der Waals surface area contributed by atoms with Gasteiger partial charge in [-0.1, -0.05) is 18.2 Å². The number of hydrogen-bond donors (Lipinski definition) is 2. The molecule has 6 nitrogen and oxygen atoms in total. The summed E-state index contributed by atoms with van der Waals surface area (Å²) >= 11 is 1.37. The summed E-state index contributed by atoms with van der Waals surface area (Å²) in [5.41, 5.74) is 5.16. The normalized spacial score (nSPS) is 10.6. The van der Waals surface area contributed by atoms with Gasteiger partial charge < -0.3 is 9.73 Å². The van der Waals surface area contributed by atoms with E-state index < -0.39 is 0 Å². The Labute approximate surface area is 177 Å². The van der Waals surface area contributed by atoms with Gasteiger partial charge in [0.05, 0.1) is 12.0 Å². The van der Waals surface area contributed by atoms with Gasteiger partial charge >= 0.3 is 0 Å². The highest BCUT2D eigenvalue weighted by Gasteiger charge is 2.13. The first kappa shape index (κ1) is 19.6. The molecule has 2 heterocycles. The molecule has 0 radical (unpaired) electrons. The smallest absolute Gasteiger partial charge is 0.291 e. The monoisotopic (exact) mass is 417 g/mol. The molecule has 2 aromatic carbocycles. The topological polar surface area (TPSA) is 84.2 Å². The van der Waals surface area contributed by atoms with E-state index in [4.69, 9.17) is 4.42 Å². The maximum absolute atomic E-state index is 12.6. The van der Waals surface area contributed by atoms with Gasteiger partial charge in [-0.3, -0.25) is 14.9 Å². The molecule has 0 aliphatic heterocycles. The second-order valence-corrected chi connectivity index (χ2v) is 7.66. The van der Waals surface area contributed by atoms with Gasteiger partial charge in [-0.25, -0.2) is 4.98 Å². The fourth-order valence-corrected chi connectivity index (χ4v) is 3.59. The lowest BCUT2D eigenvalue weighted by atomic mass is 10.1. The molecule has 2 aromatic heterocycles. The Balaban J connectivity index is 1.46. The maximum atomic E-state index is 12.6. The molecule has 0 aliphatic rings. The van der Waals surface area contributed by atoms with E-state index in [1.54, 1.807) is 36.4 Å². The lowest BCUT2D eigenvalue weighted by Crippen LogP contribution is -2.14. The van der Waals surface area contributed by atoms with Crippen molar-refractivity contribution in [1.82, 2.24) is 4.98 Å². The molecule has 0 spiro atoms. The van der Waals surface area contributed by atoms with Crippen LogP contribution in [0.3, 0.4) is 0 Å². The minimum atomic E-state index is -0.379. The summed E-state index contributed by atoms with van der Waals surface area (Å²) in [4.78, 5) is 29.3. The first-order valence-electron chi connectivity index (χ1n) is 9.29. The van der Waals surface area contributed by atoms with Crippen molar-refractivity contribution in [1.29, 1.82) is 0 Å². The van der Waals surface area contributed by atoms with Gasteiger partial charge in [0.1, 0.15) is 0 Å². The van der Waals surface area contributed by atoms with Gasteiger partial charge in [-0.15, -0.1) is 11.3 Å². The first-order chi connectivity index (χ1) is 14.5. The van der Waals surface area contributed by atoms with Crippen LogP contribution in [0, 0.1) is 13.8 Å². The number of aryl methyl sites for hydroxylation is 2. The standard InChI is InChI=1S/C23H19N3O3S/c1-14-8-9-16(11-15(14)2)19-13-30-23(25-19)26-21(27)17-5-3-6-18(12-17)24-22(28)20-7-4-10-29-20/h3-13H,1-2H3,(H,24,28)(H,25,26,27). The number of hydrogen-bond acceptors (Lipinski definition) is 5. The van der Waals surface area contributed by atoms with E-state index in [2.05, 4.69) is 41.6 Å². The fraction of sp³-hybridized carbons (Fsp3) is 0.0870. The number of thiazole rings is 1. The van der Waals surface area contributed by atoms with Gasteiger partial charge in [-0.2, -0.15) is 0 Å². The SMILES string of the molecule is Cc1ccc(-c2csc(NC(=O)c3cccc(NC(=O)c4ccco4)c3)n2)cc1C. The van der Waals surface area contributed by atoms with Crippen LogP contribution in [0.4, 0.5) is 10.8 Å². The van der Waals surface area contributed by atoms with E-state index >= 15 is 0 Å². The fourth-order valence-electron chi connectivity index (χ4n) is 2.87. The van der Waals surface area contributed by atoms with Gasteiger partial charge in [0.25, 0.3) is 11.8 Å². The summed E-state index contributed by atoms with van der Waals surface area (Å²) in [5.74, 6) is -0.480. The highest BCUT2D eigenvalue weighted by atomic mass is 32.1. The Morgan fingerprint density at radius 1 is 0.933 bits per heavy atom. The van der Waals surface area contributed by atoms with Gasteiger partial charge in [-0.05, 0) is 61.4 Å². The molecule has 0 unspecified atom stereocenters. The Hall–Kier alpha value is -3.71. The number of nitrogens with zero attached hydrogens (tertiary/aromatic N) is 1. The molecule has 2 N–H and O–H groups in total. The second-order valence-electron chi connectivity index (χ2n) is 6.80. The number of aromatic nitrogens is 1. The van der Waals surface area contributed by atoms with Crippen LogP contribution in [-0.4, -0.2) is 16.8 Å². The molecule has 4 rings (SSSR count). The molecule has 0 atom stereocenters. The van der Waals surface area contributed by atoms with Crippen molar-refractivity contribution in [2.24, 2.45) is 0 Å². The Morgan fingerprint density at radius 3 is 2.57 bits per heavy atom. The van der Waals surface area contributed by atoms with E-state index in [1.165, 1.54) is 28.7 Å². The Kier molecular flexibility index (Phi) is 5.45. The van der Waals surface area contributed by atoms with Crippen molar-refractivity contribution >= 4 is 34.0 Å². The minimum Gasteiger partial charge on any atom is -0.459 e. The third kappa shape index (κ3) is 4.31. The van der Waals surface area contributed by atoms with Gasteiger partial charge in [0.2, 0.25) is 0 Å². The van der Waals surface area contributed by atoms with Crippen LogP contribution in [0.15, 0.2) is 70.7 Å². The van der Waals surface area contributed by atoms with Crippen molar-refractivity contribution in [3.63, 3.8) is 0 Å². The lowest BCUT2D eigenvalue weighted by molar-refractivity contribution is 0.0993. The molecule has 0 saturated heterocycles. The Bertz CT molecular complexity index is 1210. The summed E-state index contributed by atoms with van der Waals surface area (Å²) in [6, 6.07) is 16.1. The molecule has 0 bridgehead atoms. The lowest BCUT2D eigenvalue weighted by Gasteiger charge is -2.06. The van der Waals surface area contributed by atoms with Gasteiger partial charge in [0.15, 0.2) is 10.9 Å². The van der Waals surface area contributed by atoms with E-state index in [0.717, 1.165) is 11.3 Å². The number of nitrogens with one attached hydrogen (secondary N) is 2. The van der Waals surface area contributed by atoms with Crippen LogP contribution in [0.1, 0.15) is 32.0 Å². The molecular formula is C23H19N3O3S. The van der Waals surface area contributed by atoms with E-state index in [-0.39, 0.29) is 17.6 Å². The number of furan rings is 1. The average molecular weight is 417 g/mol. The summed E-state index contributed by atoms with van der Waals surface area (Å²) in [5, 5.41) is 7.96. The highest BCUT2D eigenvalue weighted by Crippen LogP contribution is 2.27. The largest absolute Gasteiger partial charge is 0.459 e. The summed E-state index contributed by atoms with van der Waals surface area (Å²) < 4.78 is 5.08. The second kappa shape index (κ2) is 8.34. The third-order valence-electron chi connectivity index (χ3n) is 4.65. The van der Waals surface area contributed by atoms with Crippen molar-refractivity contribution < 1.29 is 14.0 Å². The van der Waals surface area contributed by atoms with Gasteiger partial charge in [0, 0.05) is 22.2 Å². The van der Waals surface area contributed by atoms with Crippen LogP contribution in [0.25, 0.3) is 11.3 Å². The molecule has 30 heavy (non-hydrogen) atoms. The first-order valence-corrected chi connectivity index (χ1v) is 10.2. The van der Waals surface area contributed by atoms with Crippen LogP contribution >= 0.6 is 11.3 Å². The zero-order chi connectivity index (χ0) is 21.1. The number of amides is 2. The van der Waals surface area contributed by atoms with E-state index in [1.807, 2.05) is 11.4 Å². The number of anilines is 2. The predicted molar refractivity (Wildman–Crippen MR) is 118 cm³/mol. The van der Waals surface area contributed by atoms with Crippen LogP contribution < -0.4 is 10.6 Å². The van der Waals surface area contributed by atoms with E-state index in [0.29, 0.717) is 16.4 Å². The number of benzene rings is 2. The average Bonchev–Trinajstić information content (AvgIpc) is 3.43. The Morgan fingerprint density at radius 2 is 1.80 bits per heavy atom. The minimum absolute atomic E-state index is 0.200. The van der Waals surface area contributed by atoms with Crippen molar-refractivity contribution in [3.8, 4) is 11.3 Å². The molecule has 2 amide bonds. The molecule has 0 fully saturated rings. The zero-order valence-corrected chi connectivity index (χ0v) is 17.2. The quantitative estimate of drug-likeness (QED) is 0.447. The number of carbonyl (C=O) groups excluding carboxylic acids is 2. The summed E-state index contributed by atoms with van der Waals surface area (Å²) in [6.07, 6.45) is 1.43. The van der Waals surface area contributed by atoms with Crippen molar-refractivity contribution in [3.05, 3.63) is 88.7 Å². The van der Waals surface area contributed by atoms with Crippen molar-refractivity contribution in [2.75, 3.05) is 10.6 Å². The zero-order valence-electron chi connectivity index (χ0n) is 16.4. The molecule has 0 aliphatic carbocycles. The van der Waals surface area contributed by atoms with Crippen LogP contribution in [0.5, 0.6) is 0 Å². The van der Waals surface area contributed by atoms with E-state index in [9.17, 15) is 9.59 Å². The summed E-state index contributed by atoms with van der Waals surface area (Å²) in [7, 11) is 0. The number of carbonyl (C=O) groups is 2. The summed E-state index contributed by atoms with van der Waals surface area (Å²) in [6.45, 7) is 4.13. The van der Waals surface area contributed by atoms with Crippen LogP contribution in [-0.2, 0) is 0 Å². The molecular weight excluding hydrogens is 398 g/mol. The molecule has 4 aromatic rings. The molecule has 150 valence electrons. The van der Waals surface area contributed by atoms with Crippen LogP contribution in [0.2, 0.25) is 0 Å². The maximum Gasteiger partial charge on any atom is 0.291 e. The molecule has 7 heteroatoms. The van der Waals surface area contributed by atoms with Crippen molar-refractivity contribution in [2.45, 2.75) is 13.8 Å².